The Labute approximate surface area is 104 Å². The number of carbonyl (C=O) groups is 1. The lowest BCUT2D eigenvalue weighted by Gasteiger charge is -2.16. The molecule has 0 bridgehead atoms. The van der Waals surface area contributed by atoms with Gasteiger partial charge in [0, 0.05) is 13.1 Å². The summed E-state index contributed by atoms with van der Waals surface area (Å²) in [5.74, 6) is -0.898. The van der Waals surface area contributed by atoms with Gasteiger partial charge in [0.1, 0.15) is 0 Å². The number of hydrogen-bond donors (Lipinski definition) is 1. The van der Waals surface area contributed by atoms with Crippen LogP contribution >= 0.6 is 11.3 Å². The maximum absolute atomic E-state index is 10.9. The Hall–Kier alpha value is -1.62. The molecule has 0 amide bonds. The lowest BCUT2D eigenvalue weighted by atomic mass is 10.2. The van der Waals surface area contributed by atoms with Crippen molar-refractivity contribution in [3.8, 4) is 0 Å². The molecule has 0 radical (unpaired) electrons. The van der Waals surface area contributed by atoms with Crippen LogP contribution in [0, 0.1) is 0 Å². The molecule has 0 saturated heterocycles. The first-order valence-corrected chi connectivity index (χ1v) is 6.36. The van der Waals surface area contributed by atoms with Gasteiger partial charge >= 0.3 is 5.97 Å². The summed E-state index contributed by atoms with van der Waals surface area (Å²) in [5, 5.41) is 9.88. The van der Waals surface area contributed by atoms with E-state index in [2.05, 4.69) is 23.7 Å². The first-order chi connectivity index (χ1) is 8.15. The molecule has 5 heteroatoms. The summed E-state index contributed by atoms with van der Waals surface area (Å²) in [6, 6.07) is 5.04. The molecule has 0 spiro atoms. The lowest BCUT2D eigenvalue weighted by molar-refractivity contribution is 0.0697. The number of thiazole rings is 1. The Kier molecular flexibility index (Phi) is 3.28. The van der Waals surface area contributed by atoms with E-state index in [1.165, 1.54) is 11.3 Å². The van der Waals surface area contributed by atoms with E-state index >= 15 is 0 Å². The third-order valence-electron chi connectivity index (χ3n) is 2.66. The normalized spacial score (nSPS) is 10.7. The monoisotopic (exact) mass is 250 g/mol. The number of carboxylic acid groups (broad SMARTS) is 1. The van der Waals surface area contributed by atoms with Crippen molar-refractivity contribution in [1.29, 1.82) is 0 Å². The molecule has 0 aliphatic heterocycles. The second-order valence-corrected chi connectivity index (χ2v) is 4.67. The van der Waals surface area contributed by atoms with E-state index in [4.69, 9.17) is 5.11 Å². The van der Waals surface area contributed by atoms with Crippen LogP contribution < -0.4 is 4.90 Å². The van der Waals surface area contributed by atoms with Crippen LogP contribution in [0.25, 0.3) is 10.2 Å². The zero-order valence-corrected chi connectivity index (χ0v) is 10.6. The average molecular weight is 250 g/mol. The second kappa shape index (κ2) is 4.71. The molecule has 0 atom stereocenters. The van der Waals surface area contributed by atoms with Crippen LogP contribution in [0.3, 0.4) is 0 Å². The first-order valence-electron chi connectivity index (χ1n) is 5.54. The minimum atomic E-state index is -0.898. The Morgan fingerprint density at radius 1 is 1.41 bits per heavy atom. The van der Waals surface area contributed by atoms with Crippen molar-refractivity contribution < 1.29 is 9.90 Å². The van der Waals surface area contributed by atoms with Gasteiger partial charge in [0.25, 0.3) is 0 Å². The molecule has 0 unspecified atom stereocenters. The van der Waals surface area contributed by atoms with Gasteiger partial charge in [-0.05, 0) is 32.0 Å². The average Bonchev–Trinajstić information content (AvgIpc) is 2.72. The largest absolute Gasteiger partial charge is 0.478 e. The lowest BCUT2D eigenvalue weighted by Crippen LogP contribution is -2.21. The Morgan fingerprint density at radius 3 is 2.71 bits per heavy atom. The van der Waals surface area contributed by atoms with E-state index in [9.17, 15) is 4.79 Å². The van der Waals surface area contributed by atoms with Crippen LogP contribution in [0.1, 0.15) is 24.2 Å². The highest BCUT2D eigenvalue weighted by Gasteiger charge is 2.11. The summed E-state index contributed by atoms with van der Waals surface area (Å²) in [6.45, 7) is 5.97. The van der Waals surface area contributed by atoms with Crippen LogP contribution in [-0.4, -0.2) is 29.1 Å². The Bertz CT molecular complexity index is 546. The molecule has 2 rings (SSSR count). The minimum absolute atomic E-state index is 0.312. The zero-order valence-electron chi connectivity index (χ0n) is 9.80. The summed E-state index contributed by atoms with van der Waals surface area (Å²) >= 11 is 1.54. The van der Waals surface area contributed by atoms with Gasteiger partial charge in [0.05, 0.1) is 15.8 Å². The van der Waals surface area contributed by atoms with Gasteiger partial charge in [-0.25, -0.2) is 9.78 Å². The van der Waals surface area contributed by atoms with E-state index < -0.39 is 5.97 Å². The standard InChI is InChI=1S/C12H14N2O2S/c1-3-14(4-2)12-13-9-6-5-8(11(15)16)7-10(9)17-12/h5-7H,3-4H2,1-2H3,(H,15,16). The predicted octanol–water partition coefficient (Wildman–Crippen LogP) is 2.84. The quantitative estimate of drug-likeness (QED) is 0.906. The molecule has 0 fully saturated rings. The molecule has 0 saturated carbocycles. The topological polar surface area (TPSA) is 53.4 Å². The summed E-state index contributed by atoms with van der Waals surface area (Å²) in [7, 11) is 0. The van der Waals surface area contributed by atoms with E-state index in [1.54, 1.807) is 18.2 Å². The number of rotatable bonds is 4. The Morgan fingerprint density at radius 2 is 2.12 bits per heavy atom. The third-order valence-corrected chi connectivity index (χ3v) is 3.74. The molecule has 1 N–H and O–H groups in total. The number of fused-ring (bicyclic) bond motifs is 1. The summed E-state index contributed by atoms with van der Waals surface area (Å²) in [6.07, 6.45) is 0. The van der Waals surface area contributed by atoms with E-state index in [-0.39, 0.29) is 0 Å². The summed E-state index contributed by atoms with van der Waals surface area (Å²) in [4.78, 5) is 17.5. The maximum atomic E-state index is 10.9. The van der Waals surface area contributed by atoms with E-state index in [0.717, 1.165) is 28.4 Å². The molecule has 1 aromatic heterocycles. The summed E-state index contributed by atoms with van der Waals surface area (Å²) in [5.41, 5.74) is 1.18. The van der Waals surface area contributed by atoms with Gasteiger partial charge in [-0.2, -0.15) is 0 Å². The van der Waals surface area contributed by atoms with Crippen molar-refractivity contribution >= 4 is 32.7 Å². The fraction of sp³-hybridized carbons (Fsp3) is 0.333. The second-order valence-electron chi connectivity index (χ2n) is 3.66. The van der Waals surface area contributed by atoms with Gasteiger partial charge in [0.15, 0.2) is 5.13 Å². The van der Waals surface area contributed by atoms with Crippen LogP contribution in [0.4, 0.5) is 5.13 Å². The van der Waals surface area contributed by atoms with E-state index in [0.29, 0.717) is 5.56 Å². The van der Waals surface area contributed by atoms with Crippen molar-refractivity contribution in [1.82, 2.24) is 4.98 Å². The van der Waals surface area contributed by atoms with Crippen LogP contribution in [-0.2, 0) is 0 Å². The number of hydrogen-bond acceptors (Lipinski definition) is 4. The molecule has 2 aromatic rings. The zero-order chi connectivity index (χ0) is 12.4. The van der Waals surface area contributed by atoms with Gasteiger partial charge in [-0.1, -0.05) is 11.3 Å². The van der Waals surface area contributed by atoms with Gasteiger partial charge in [-0.15, -0.1) is 0 Å². The van der Waals surface area contributed by atoms with Gasteiger partial charge < -0.3 is 10.0 Å². The highest BCUT2D eigenvalue weighted by molar-refractivity contribution is 7.22. The number of benzene rings is 1. The highest BCUT2D eigenvalue weighted by atomic mass is 32.1. The minimum Gasteiger partial charge on any atom is -0.478 e. The first kappa shape index (κ1) is 11.9. The van der Waals surface area contributed by atoms with E-state index in [1.807, 2.05) is 0 Å². The molecular weight excluding hydrogens is 236 g/mol. The molecule has 0 aliphatic rings. The van der Waals surface area contributed by atoms with Gasteiger partial charge in [0.2, 0.25) is 0 Å². The number of aromatic nitrogens is 1. The molecule has 90 valence electrons. The third kappa shape index (κ3) is 2.24. The molecule has 1 heterocycles. The maximum Gasteiger partial charge on any atom is 0.335 e. The fourth-order valence-electron chi connectivity index (χ4n) is 1.67. The molecule has 0 aliphatic carbocycles. The van der Waals surface area contributed by atoms with Gasteiger partial charge in [-0.3, -0.25) is 0 Å². The fourth-order valence-corrected chi connectivity index (χ4v) is 2.81. The highest BCUT2D eigenvalue weighted by Crippen LogP contribution is 2.29. The number of nitrogens with zero attached hydrogens (tertiary/aromatic N) is 2. The van der Waals surface area contributed by atoms with Crippen molar-refractivity contribution in [3.63, 3.8) is 0 Å². The molecule has 1 aromatic carbocycles. The number of anilines is 1. The Balaban J connectivity index is 2.46. The number of aromatic carboxylic acids is 1. The molecule has 17 heavy (non-hydrogen) atoms. The molecule has 4 nitrogen and oxygen atoms in total. The van der Waals surface area contributed by atoms with Crippen molar-refractivity contribution in [3.05, 3.63) is 23.8 Å². The number of carboxylic acids is 1. The van der Waals surface area contributed by atoms with Crippen LogP contribution in [0.15, 0.2) is 18.2 Å². The van der Waals surface area contributed by atoms with Crippen LogP contribution in [0.5, 0.6) is 0 Å². The summed E-state index contributed by atoms with van der Waals surface area (Å²) < 4.78 is 0.923. The SMILES string of the molecule is CCN(CC)c1nc2ccc(C(=O)O)cc2s1. The van der Waals surface area contributed by atoms with Crippen molar-refractivity contribution in [2.24, 2.45) is 0 Å². The molecular formula is C12H14N2O2S. The van der Waals surface area contributed by atoms with Crippen molar-refractivity contribution in [2.75, 3.05) is 18.0 Å². The van der Waals surface area contributed by atoms with Crippen LogP contribution in [0.2, 0.25) is 0 Å². The van der Waals surface area contributed by atoms with Crippen molar-refractivity contribution in [2.45, 2.75) is 13.8 Å². The predicted molar refractivity (Wildman–Crippen MR) is 70.1 cm³/mol. The smallest absolute Gasteiger partial charge is 0.335 e.